The number of H-pyrrole nitrogens is 1. The number of benzene rings is 2. The number of fused-ring (bicyclic) bond motifs is 1. The van der Waals surface area contributed by atoms with Crippen LogP contribution in [0.25, 0.3) is 0 Å². The van der Waals surface area contributed by atoms with Gasteiger partial charge in [-0.1, -0.05) is 41.6 Å². The van der Waals surface area contributed by atoms with E-state index in [-0.39, 0.29) is 28.8 Å². The number of aromatic amines is 1. The third-order valence-corrected chi connectivity index (χ3v) is 6.17. The molecule has 164 valence electrons. The van der Waals surface area contributed by atoms with Gasteiger partial charge in [0, 0.05) is 22.9 Å². The van der Waals surface area contributed by atoms with Gasteiger partial charge in [0.25, 0.3) is 5.56 Å². The molecule has 4 rings (SSSR count). The molecule has 2 amide bonds. The Morgan fingerprint density at radius 1 is 1.25 bits per heavy atom. The van der Waals surface area contributed by atoms with E-state index < -0.39 is 23.3 Å². The maximum absolute atomic E-state index is 13.1. The number of aromatic nitrogens is 2. The number of hydrogen-bond acceptors (Lipinski definition) is 5. The lowest BCUT2D eigenvalue weighted by atomic mass is 9.92. The molecule has 1 aliphatic rings. The van der Waals surface area contributed by atoms with Crippen LogP contribution in [0, 0.1) is 12.7 Å². The first-order chi connectivity index (χ1) is 15.3. The fourth-order valence-corrected chi connectivity index (χ4v) is 4.31. The summed E-state index contributed by atoms with van der Waals surface area (Å²) in [6.07, 6.45) is -0.175. The van der Waals surface area contributed by atoms with Crippen molar-refractivity contribution in [1.29, 1.82) is 0 Å². The summed E-state index contributed by atoms with van der Waals surface area (Å²) in [5.41, 5.74) is 1.75. The Bertz CT molecular complexity index is 1260. The summed E-state index contributed by atoms with van der Waals surface area (Å²) >= 11 is 7.24. The molecule has 0 saturated heterocycles. The minimum Gasteiger partial charge on any atom is -0.325 e. The third kappa shape index (κ3) is 4.84. The van der Waals surface area contributed by atoms with Crippen LogP contribution < -0.4 is 16.2 Å². The van der Waals surface area contributed by atoms with Crippen LogP contribution in [0.5, 0.6) is 0 Å². The summed E-state index contributed by atoms with van der Waals surface area (Å²) in [6.45, 7) is 1.81. The van der Waals surface area contributed by atoms with E-state index in [1.165, 1.54) is 23.9 Å². The lowest BCUT2D eigenvalue weighted by molar-refractivity contribution is -0.123. The van der Waals surface area contributed by atoms with Crippen molar-refractivity contribution in [2.45, 2.75) is 30.2 Å². The number of halogens is 2. The Morgan fingerprint density at radius 3 is 2.75 bits per heavy atom. The van der Waals surface area contributed by atoms with E-state index in [4.69, 9.17) is 11.6 Å². The summed E-state index contributed by atoms with van der Waals surface area (Å²) in [7, 11) is 0. The standard InChI is InChI=1S/C22H18ClFN4O3S/c1-11-2-5-13(23)8-16(11)25-20(30)15-9-17(29)26-19-18(15)21(31)28-22(27-19)32-10-12-3-6-14(24)7-4-12/h2-8,15H,9-10H2,1H3,(H,25,30)(H2,26,27,28,29,31)/t15-/m1/s1. The number of nitrogens with one attached hydrogen (secondary N) is 3. The zero-order chi connectivity index (χ0) is 22.8. The number of thioether (sulfide) groups is 1. The first kappa shape index (κ1) is 22.0. The molecule has 1 aliphatic heterocycles. The molecule has 32 heavy (non-hydrogen) atoms. The minimum absolute atomic E-state index is 0.0644. The van der Waals surface area contributed by atoms with Gasteiger partial charge in [0.15, 0.2) is 5.16 Å². The molecule has 0 spiro atoms. The predicted octanol–water partition coefficient (Wildman–Crippen LogP) is 4.23. The van der Waals surface area contributed by atoms with Crippen LogP contribution >= 0.6 is 23.4 Å². The van der Waals surface area contributed by atoms with Gasteiger partial charge in [-0.25, -0.2) is 9.37 Å². The molecule has 3 N–H and O–H groups in total. The van der Waals surface area contributed by atoms with Crippen LogP contribution in [0.4, 0.5) is 15.9 Å². The molecule has 0 radical (unpaired) electrons. The van der Waals surface area contributed by atoms with Crippen LogP contribution in [-0.2, 0) is 15.3 Å². The maximum atomic E-state index is 13.1. The third-order valence-electron chi connectivity index (χ3n) is 4.99. The van der Waals surface area contributed by atoms with Crippen LogP contribution in [-0.4, -0.2) is 21.8 Å². The first-order valence-electron chi connectivity index (χ1n) is 9.68. The topological polar surface area (TPSA) is 104 Å². The van der Waals surface area contributed by atoms with Crippen LogP contribution in [0.1, 0.15) is 29.0 Å². The second kappa shape index (κ2) is 9.13. The molecular weight excluding hydrogens is 455 g/mol. The van der Waals surface area contributed by atoms with Gasteiger partial charge in [-0.3, -0.25) is 14.4 Å². The number of rotatable bonds is 5. The van der Waals surface area contributed by atoms with Crippen molar-refractivity contribution < 1.29 is 14.0 Å². The molecule has 10 heteroatoms. The van der Waals surface area contributed by atoms with Gasteiger partial charge in [-0.05, 0) is 42.3 Å². The fraction of sp³-hybridized carbons (Fsp3) is 0.182. The van der Waals surface area contributed by atoms with Crippen molar-refractivity contribution in [3.8, 4) is 0 Å². The SMILES string of the molecule is Cc1ccc(Cl)cc1NC(=O)[C@@H]1CC(=O)Nc2nc(SCc3ccc(F)cc3)[nH]c(=O)c21. The highest BCUT2D eigenvalue weighted by atomic mass is 35.5. The van der Waals surface area contributed by atoms with Gasteiger partial charge in [0.2, 0.25) is 11.8 Å². The molecule has 2 heterocycles. The highest BCUT2D eigenvalue weighted by Crippen LogP contribution is 2.31. The minimum atomic E-state index is -0.996. The van der Waals surface area contributed by atoms with E-state index in [1.54, 1.807) is 30.3 Å². The van der Waals surface area contributed by atoms with E-state index in [0.717, 1.165) is 11.1 Å². The molecule has 0 fully saturated rings. The van der Waals surface area contributed by atoms with Gasteiger partial charge in [-0.2, -0.15) is 0 Å². The largest absolute Gasteiger partial charge is 0.325 e. The predicted molar refractivity (Wildman–Crippen MR) is 122 cm³/mol. The Hall–Kier alpha value is -3.17. The Kier molecular flexibility index (Phi) is 6.29. The Labute approximate surface area is 191 Å². The van der Waals surface area contributed by atoms with Gasteiger partial charge < -0.3 is 15.6 Å². The van der Waals surface area contributed by atoms with Gasteiger partial charge in [-0.15, -0.1) is 0 Å². The zero-order valence-electron chi connectivity index (χ0n) is 16.9. The maximum Gasteiger partial charge on any atom is 0.257 e. The second-order valence-electron chi connectivity index (χ2n) is 7.30. The van der Waals surface area contributed by atoms with Crippen molar-refractivity contribution in [2.75, 3.05) is 10.6 Å². The van der Waals surface area contributed by atoms with Crippen LogP contribution in [0.3, 0.4) is 0 Å². The number of carbonyl (C=O) groups is 2. The van der Waals surface area contributed by atoms with Crippen molar-refractivity contribution in [1.82, 2.24) is 9.97 Å². The highest BCUT2D eigenvalue weighted by Gasteiger charge is 2.35. The van der Waals surface area contributed by atoms with Gasteiger partial charge in [0.1, 0.15) is 11.6 Å². The fourth-order valence-electron chi connectivity index (χ4n) is 3.32. The monoisotopic (exact) mass is 472 g/mol. The number of aryl methyl sites for hydroxylation is 1. The highest BCUT2D eigenvalue weighted by molar-refractivity contribution is 7.98. The second-order valence-corrected chi connectivity index (χ2v) is 8.70. The molecule has 1 atom stereocenters. The molecule has 3 aromatic rings. The van der Waals surface area contributed by atoms with Crippen molar-refractivity contribution in [3.63, 3.8) is 0 Å². The molecule has 7 nitrogen and oxygen atoms in total. The molecule has 1 aromatic heterocycles. The molecule has 2 aromatic carbocycles. The summed E-state index contributed by atoms with van der Waals surface area (Å²) in [5, 5.41) is 6.07. The zero-order valence-corrected chi connectivity index (χ0v) is 18.4. The van der Waals surface area contributed by atoms with E-state index in [9.17, 15) is 18.8 Å². The van der Waals surface area contributed by atoms with Gasteiger partial charge >= 0.3 is 0 Å². The van der Waals surface area contributed by atoms with Crippen molar-refractivity contribution in [2.24, 2.45) is 0 Å². The molecule has 0 saturated carbocycles. The van der Waals surface area contributed by atoms with E-state index in [0.29, 0.717) is 16.5 Å². The lowest BCUT2D eigenvalue weighted by Crippen LogP contribution is -2.36. The Balaban J connectivity index is 1.58. The average Bonchev–Trinajstić information content (AvgIpc) is 2.75. The average molecular weight is 473 g/mol. The smallest absolute Gasteiger partial charge is 0.257 e. The molecule has 0 bridgehead atoms. The van der Waals surface area contributed by atoms with Gasteiger partial charge in [0.05, 0.1) is 11.5 Å². The van der Waals surface area contributed by atoms with Crippen LogP contribution in [0.15, 0.2) is 52.4 Å². The molecule has 0 aliphatic carbocycles. The number of nitrogens with zero attached hydrogens (tertiary/aromatic N) is 1. The first-order valence-corrected chi connectivity index (χ1v) is 11.0. The number of anilines is 2. The van der Waals surface area contributed by atoms with E-state index in [2.05, 4.69) is 20.6 Å². The summed E-state index contributed by atoms with van der Waals surface area (Å²) in [4.78, 5) is 45.0. The molecule has 0 unspecified atom stereocenters. The van der Waals surface area contributed by atoms with E-state index in [1.807, 2.05) is 6.92 Å². The summed E-state index contributed by atoms with van der Waals surface area (Å²) in [6, 6.07) is 11.1. The number of hydrogen-bond donors (Lipinski definition) is 3. The van der Waals surface area contributed by atoms with Crippen molar-refractivity contribution >= 4 is 46.7 Å². The number of amides is 2. The van der Waals surface area contributed by atoms with Crippen molar-refractivity contribution in [3.05, 3.63) is 80.3 Å². The summed E-state index contributed by atoms with van der Waals surface area (Å²) < 4.78 is 13.1. The summed E-state index contributed by atoms with van der Waals surface area (Å²) in [5.74, 6) is -1.73. The Morgan fingerprint density at radius 2 is 2.00 bits per heavy atom. The number of carbonyl (C=O) groups excluding carboxylic acids is 2. The quantitative estimate of drug-likeness (QED) is 0.381. The normalized spacial score (nSPS) is 15.1. The lowest BCUT2D eigenvalue weighted by Gasteiger charge is -2.24. The van der Waals surface area contributed by atoms with Crippen LogP contribution in [0.2, 0.25) is 5.02 Å². The molecular formula is C22H18ClFN4O3S. The van der Waals surface area contributed by atoms with E-state index >= 15 is 0 Å².